The van der Waals surface area contributed by atoms with E-state index in [1.54, 1.807) is 0 Å². The van der Waals surface area contributed by atoms with Gasteiger partial charge in [0.1, 0.15) is 0 Å². The van der Waals surface area contributed by atoms with Crippen LogP contribution < -0.4 is 0 Å². The molecule has 0 aromatic rings. The zero-order valence-electron chi connectivity index (χ0n) is 10.2. The number of aliphatic carboxylic acids is 1. The first-order chi connectivity index (χ1) is 7.73. The fourth-order valence-electron chi connectivity index (χ4n) is 3.58. The summed E-state index contributed by atoms with van der Waals surface area (Å²) in [6.45, 7) is 0. The summed E-state index contributed by atoms with van der Waals surface area (Å²) in [5.41, 5.74) is -0.346. The van der Waals surface area contributed by atoms with E-state index in [-0.39, 0.29) is 5.41 Å². The van der Waals surface area contributed by atoms with Gasteiger partial charge in [-0.2, -0.15) is 0 Å². The van der Waals surface area contributed by atoms with Gasteiger partial charge in [0.05, 0.1) is 5.41 Å². The highest BCUT2D eigenvalue weighted by molar-refractivity contribution is 5.74. The molecule has 0 aromatic carbocycles. The van der Waals surface area contributed by atoms with E-state index >= 15 is 0 Å². The van der Waals surface area contributed by atoms with Gasteiger partial charge in [-0.3, -0.25) is 4.79 Å². The average molecular weight is 224 g/mol. The standard InChI is InChI=1S/C14H24O2/c15-13(16)14(9-4-1-5-10-14)11-8-12-6-2-3-7-12/h12H,1-11H2,(H,15,16). The molecule has 2 heteroatoms. The van der Waals surface area contributed by atoms with Crippen LogP contribution in [-0.4, -0.2) is 11.1 Å². The van der Waals surface area contributed by atoms with Crippen LogP contribution in [0, 0.1) is 11.3 Å². The first kappa shape index (κ1) is 11.9. The molecule has 0 amide bonds. The maximum Gasteiger partial charge on any atom is 0.309 e. The van der Waals surface area contributed by atoms with Gasteiger partial charge >= 0.3 is 5.97 Å². The van der Waals surface area contributed by atoms with E-state index in [1.807, 2.05) is 0 Å². The lowest BCUT2D eigenvalue weighted by atomic mass is 9.70. The minimum absolute atomic E-state index is 0.346. The Morgan fingerprint density at radius 2 is 1.69 bits per heavy atom. The number of carboxylic acids is 1. The van der Waals surface area contributed by atoms with Gasteiger partial charge in [0.2, 0.25) is 0 Å². The minimum atomic E-state index is -0.523. The molecule has 2 fully saturated rings. The molecule has 0 aliphatic heterocycles. The van der Waals surface area contributed by atoms with Gasteiger partial charge < -0.3 is 5.11 Å². The molecule has 16 heavy (non-hydrogen) atoms. The van der Waals surface area contributed by atoms with Crippen LogP contribution in [0.5, 0.6) is 0 Å². The number of carboxylic acid groups (broad SMARTS) is 1. The molecule has 2 nitrogen and oxygen atoms in total. The average Bonchev–Trinajstić information content (AvgIpc) is 2.80. The number of carbonyl (C=O) groups is 1. The van der Waals surface area contributed by atoms with Crippen molar-refractivity contribution >= 4 is 5.97 Å². The van der Waals surface area contributed by atoms with Crippen LogP contribution in [0.3, 0.4) is 0 Å². The van der Waals surface area contributed by atoms with Gasteiger partial charge in [-0.15, -0.1) is 0 Å². The fraction of sp³-hybridized carbons (Fsp3) is 0.929. The lowest BCUT2D eigenvalue weighted by Gasteiger charge is -2.34. The summed E-state index contributed by atoms with van der Waals surface area (Å²) in [5, 5.41) is 9.46. The second-order valence-electron chi connectivity index (χ2n) is 5.84. The molecule has 2 rings (SSSR count). The van der Waals surface area contributed by atoms with Crippen molar-refractivity contribution in [2.24, 2.45) is 11.3 Å². The number of rotatable bonds is 4. The zero-order chi connectivity index (χ0) is 11.4. The van der Waals surface area contributed by atoms with E-state index in [4.69, 9.17) is 0 Å². The summed E-state index contributed by atoms with van der Waals surface area (Å²) in [6.07, 6.45) is 12.8. The van der Waals surface area contributed by atoms with Crippen molar-refractivity contribution in [1.29, 1.82) is 0 Å². The molecule has 2 aliphatic carbocycles. The highest BCUT2D eigenvalue weighted by Crippen LogP contribution is 2.43. The molecule has 0 aromatic heterocycles. The van der Waals surface area contributed by atoms with E-state index in [2.05, 4.69) is 0 Å². The Labute approximate surface area is 98.4 Å². The minimum Gasteiger partial charge on any atom is -0.481 e. The van der Waals surface area contributed by atoms with Crippen molar-refractivity contribution in [2.45, 2.75) is 70.6 Å². The molecule has 0 radical (unpaired) electrons. The molecule has 2 saturated carbocycles. The fourth-order valence-corrected chi connectivity index (χ4v) is 3.58. The highest BCUT2D eigenvalue weighted by atomic mass is 16.4. The first-order valence-corrected chi connectivity index (χ1v) is 6.96. The van der Waals surface area contributed by atoms with Crippen LogP contribution in [-0.2, 0) is 4.79 Å². The Hall–Kier alpha value is -0.530. The molecule has 0 heterocycles. The van der Waals surface area contributed by atoms with Gasteiger partial charge in [-0.1, -0.05) is 44.9 Å². The maximum absolute atomic E-state index is 11.5. The Balaban J connectivity index is 1.88. The van der Waals surface area contributed by atoms with Crippen LogP contribution in [0.4, 0.5) is 0 Å². The van der Waals surface area contributed by atoms with Crippen LogP contribution >= 0.6 is 0 Å². The molecule has 0 spiro atoms. The SMILES string of the molecule is O=C(O)C1(CCC2CCCC2)CCCCC1. The van der Waals surface area contributed by atoms with Crippen LogP contribution in [0.25, 0.3) is 0 Å². The Kier molecular flexibility index (Phi) is 3.88. The van der Waals surface area contributed by atoms with E-state index in [1.165, 1.54) is 32.1 Å². The van der Waals surface area contributed by atoms with Gasteiger partial charge in [-0.25, -0.2) is 0 Å². The lowest BCUT2D eigenvalue weighted by Crippen LogP contribution is -2.33. The third-order valence-corrected chi connectivity index (χ3v) is 4.77. The Morgan fingerprint density at radius 3 is 2.25 bits per heavy atom. The van der Waals surface area contributed by atoms with Crippen molar-refractivity contribution in [3.8, 4) is 0 Å². The second-order valence-corrected chi connectivity index (χ2v) is 5.84. The van der Waals surface area contributed by atoms with Crippen molar-refractivity contribution < 1.29 is 9.90 Å². The molecular weight excluding hydrogens is 200 g/mol. The molecule has 0 atom stereocenters. The van der Waals surface area contributed by atoms with Gasteiger partial charge in [0.25, 0.3) is 0 Å². The van der Waals surface area contributed by atoms with E-state index < -0.39 is 5.97 Å². The quantitative estimate of drug-likeness (QED) is 0.784. The third kappa shape index (κ3) is 2.58. The summed E-state index contributed by atoms with van der Waals surface area (Å²) in [6, 6.07) is 0. The highest BCUT2D eigenvalue weighted by Gasteiger charge is 2.39. The molecule has 92 valence electrons. The molecule has 0 saturated heterocycles. The summed E-state index contributed by atoms with van der Waals surface area (Å²) in [4.78, 5) is 11.5. The molecule has 1 N–H and O–H groups in total. The monoisotopic (exact) mass is 224 g/mol. The Bertz CT molecular complexity index is 235. The smallest absolute Gasteiger partial charge is 0.309 e. The van der Waals surface area contributed by atoms with E-state index in [9.17, 15) is 9.90 Å². The predicted molar refractivity (Wildman–Crippen MR) is 64.3 cm³/mol. The van der Waals surface area contributed by atoms with Crippen LogP contribution in [0.1, 0.15) is 70.6 Å². The maximum atomic E-state index is 11.5. The summed E-state index contributed by atoms with van der Waals surface area (Å²) >= 11 is 0. The second kappa shape index (κ2) is 5.20. The van der Waals surface area contributed by atoms with Gasteiger partial charge in [0, 0.05) is 0 Å². The summed E-state index contributed by atoms with van der Waals surface area (Å²) in [5.74, 6) is 0.309. The third-order valence-electron chi connectivity index (χ3n) is 4.77. The topological polar surface area (TPSA) is 37.3 Å². The Morgan fingerprint density at radius 1 is 1.06 bits per heavy atom. The lowest BCUT2D eigenvalue weighted by molar-refractivity contribution is -0.151. The largest absolute Gasteiger partial charge is 0.481 e. The van der Waals surface area contributed by atoms with Crippen molar-refractivity contribution in [2.75, 3.05) is 0 Å². The van der Waals surface area contributed by atoms with Gasteiger partial charge in [-0.05, 0) is 31.6 Å². The molecule has 2 aliphatic rings. The van der Waals surface area contributed by atoms with Crippen LogP contribution in [0.15, 0.2) is 0 Å². The zero-order valence-corrected chi connectivity index (χ0v) is 10.2. The van der Waals surface area contributed by atoms with Crippen molar-refractivity contribution in [3.63, 3.8) is 0 Å². The van der Waals surface area contributed by atoms with E-state index in [0.29, 0.717) is 0 Å². The first-order valence-electron chi connectivity index (χ1n) is 6.96. The number of hydrogen-bond acceptors (Lipinski definition) is 1. The molecule has 0 bridgehead atoms. The normalized spacial score (nSPS) is 25.8. The summed E-state index contributed by atoms with van der Waals surface area (Å²) in [7, 11) is 0. The molecular formula is C14H24O2. The van der Waals surface area contributed by atoms with Gasteiger partial charge in [0.15, 0.2) is 0 Å². The summed E-state index contributed by atoms with van der Waals surface area (Å²) < 4.78 is 0. The molecule has 0 unspecified atom stereocenters. The predicted octanol–water partition coefficient (Wildman–Crippen LogP) is 3.99. The van der Waals surface area contributed by atoms with Crippen molar-refractivity contribution in [3.05, 3.63) is 0 Å². The van der Waals surface area contributed by atoms with Crippen molar-refractivity contribution in [1.82, 2.24) is 0 Å². The van der Waals surface area contributed by atoms with E-state index in [0.717, 1.165) is 44.4 Å². The van der Waals surface area contributed by atoms with Crippen LogP contribution in [0.2, 0.25) is 0 Å². The number of hydrogen-bond donors (Lipinski definition) is 1.